The first-order chi connectivity index (χ1) is 9.88. The number of aryl methyl sites for hydroxylation is 4. The summed E-state index contributed by atoms with van der Waals surface area (Å²) in [5, 5.41) is 14.3. The number of hydrogen-bond acceptors (Lipinski definition) is 3. The van der Waals surface area contributed by atoms with Crippen LogP contribution < -0.4 is 5.32 Å². The minimum atomic E-state index is -0.338. The number of anilines is 1. The molecule has 1 N–H and O–H groups in total. The Morgan fingerprint density at radius 2 is 1.57 bits per heavy atom. The van der Waals surface area contributed by atoms with Gasteiger partial charge in [0.2, 0.25) is 0 Å². The Hall–Kier alpha value is -2.36. The summed E-state index contributed by atoms with van der Waals surface area (Å²) in [4.78, 5) is 10.8. The van der Waals surface area contributed by atoms with Crippen LogP contribution in [0.25, 0.3) is 0 Å². The van der Waals surface area contributed by atoms with Crippen molar-refractivity contribution in [1.82, 2.24) is 0 Å². The number of nitrogens with one attached hydrogen (secondary N) is 1. The molecule has 4 heteroatoms. The SMILES string of the molecule is Cc1ccc(CNc2cc(C)c(C)cc2[N+](=O)[O-])cc1C. The summed E-state index contributed by atoms with van der Waals surface area (Å²) in [6.45, 7) is 8.55. The third-order valence-corrected chi connectivity index (χ3v) is 3.86. The van der Waals surface area contributed by atoms with Gasteiger partial charge in [-0.2, -0.15) is 0 Å². The smallest absolute Gasteiger partial charge is 0.292 e. The van der Waals surface area contributed by atoms with E-state index >= 15 is 0 Å². The molecule has 21 heavy (non-hydrogen) atoms. The lowest BCUT2D eigenvalue weighted by Gasteiger charge is -2.11. The van der Waals surface area contributed by atoms with E-state index in [0.29, 0.717) is 12.2 Å². The highest BCUT2D eigenvalue weighted by molar-refractivity contribution is 5.64. The summed E-state index contributed by atoms with van der Waals surface area (Å²) in [5.74, 6) is 0. The molecule has 2 rings (SSSR count). The van der Waals surface area contributed by atoms with Gasteiger partial charge >= 0.3 is 0 Å². The van der Waals surface area contributed by atoms with Gasteiger partial charge in [0.05, 0.1) is 4.92 Å². The van der Waals surface area contributed by atoms with Crippen LogP contribution >= 0.6 is 0 Å². The van der Waals surface area contributed by atoms with Crippen molar-refractivity contribution < 1.29 is 4.92 Å². The zero-order valence-electron chi connectivity index (χ0n) is 12.9. The van der Waals surface area contributed by atoms with Gasteiger partial charge in [-0.25, -0.2) is 0 Å². The summed E-state index contributed by atoms with van der Waals surface area (Å²) in [6, 6.07) is 9.69. The molecule has 0 bridgehead atoms. The van der Waals surface area contributed by atoms with E-state index in [-0.39, 0.29) is 10.6 Å². The van der Waals surface area contributed by atoms with Gasteiger partial charge in [-0.05, 0) is 61.6 Å². The zero-order valence-corrected chi connectivity index (χ0v) is 12.9. The van der Waals surface area contributed by atoms with E-state index in [2.05, 4.69) is 31.3 Å². The highest BCUT2D eigenvalue weighted by Gasteiger charge is 2.15. The lowest BCUT2D eigenvalue weighted by Crippen LogP contribution is -2.04. The van der Waals surface area contributed by atoms with Crippen LogP contribution in [0.15, 0.2) is 30.3 Å². The van der Waals surface area contributed by atoms with Crippen molar-refractivity contribution in [3.05, 3.63) is 68.3 Å². The van der Waals surface area contributed by atoms with Crippen LogP contribution in [0, 0.1) is 37.8 Å². The number of benzene rings is 2. The van der Waals surface area contributed by atoms with Crippen molar-refractivity contribution in [1.29, 1.82) is 0 Å². The third kappa shape index (κ3) is 3.40. The van der Waals surface area contributed by atoms with Crippen molar-refractivity contribution in [2.24, 2.45) is 0 Å². The fraction of sp³-hybridized carbons (Fsp3) is 0.294. The molecule has 0 aliphatic rings. The molecule has 2 aromatic rings. The predicted molar refractivity (Wildman–Crippen MR) is 85.8 cm³/mol. The van der Waals surface area contributed by atoms with E-state index in [9.17, 15) is 10.1 Å². The summed E-state index contributed by atoms with van der Waals surface area (Å²) >= 11 is 0. The summed E-state index contributed by atoms with van der Waals surface area (Å²) in [7, 11) is 0. The van der Waals surface area contributed by atoms with Crippen molar-refractivity contribution in [3.63, 3.8) is 0 Å². The number of nitro groups is 1. The second-order valence-electron chi connectivity index (χ2n) is 5.48. The van der Waals surface area contributed by atoms with E-state index in [1.165, 1.54) is 11.1 Å². The second kappa shape index (κ2) is 5.95. The molecule has 0 amide bonds. The van der Waals surface area contributed by atoms with E-state index in [4.69, 9.17) is 0 Å². The maximum absolute atomic E-state index is 11.2. The Balaban J connectivity index is 2.24. The monoisotopic (exact) mass is 284 g/mol. The Labute approximate surface area is 125 Å². The van der Waals surface area contributed by atoms with Gasteiger partial charge in [0.25, 0.3) is 5.69 Å². The quantitative estimate of drug-likeness (QED) is 0.667. The number of rotatable bonds is 4. The number of nitro benzene ring substituents is 1. The first-order valence-electron chi connectivity index (χ1n) is 6.94. The van der Waals surface area contributed by atoms with Crippen LogP contribution in [0.2, 0.25) is 0 Å². The normalized spacial score (nSPS) is 10.5. The minimum absolute atomic E-state index is 0.127. The first kappa shape index (κ1) is 15.0. The molecule has 0 radical (unpaired) electrons. The van der Waals surface area contributed by atoms with E-state index < -0.39 is 0 Å². The molecule has 0 fully saturated rings. The van der Waals surface area contributed by atoms with Crippen LogP contribution in [0.5, 0.6) is 0 Å². The van der Waals surface area contributed by atoms with Gasteiger partial charge in [0.1, 0.15) is 5.69 Å². The highest BCUT2D eigenvalue weighted by Crippen LogP contribution is 2.28. The molecule has 0 atom stereocenters. The molecule has 110 valence electrons. The van der Waals surface area contributed by atoms with Crippen molar-refractivity contribution in [3.8, 4) is 0 Å². The number of hydrogen-bond donors (Lipinski definition) is 1. The van der Waals surface area contributed by atoms with Gasteiger partial charge < -0.3 is 5.32 Å². The maximum Gasteiger partial charge on any atom is 0.292 e. The molecular formula is C17H20N2O2. The fourth-order valence-corrected chi connectivity index (χ4v) is 2.20. The van der Waals surface area contributed by atoms with Crippen LogP contribution in [-0.2, 0) is 6.54 Å². The summed E-state index contributed by atoms with van der Waals surface area (Å²) in [5.41, 5.74) is 6.26. The Morgan fingerprint density at radius 1 is 0.952 bits per heavy atom. The molecule has 0 unspecified atom stereocenters. The van der Waals surface area contributed by atoms with Gasteiger partial charge in [-0.15, -0.1) is 0 Å². The van der Waals surface area contributed by atoms with Crippen molar-refractivity contribution in [2.45, 2.75) is 34.2 Å². The molecule has 0 aromatic heterocycles. The zero-order chi connectivity index (χ0) is 15.6. The number of nitrogens with zero attached hydrogens (tertiary/aromatic N) is 1. The minimum Gasteiger partial charge on any atom is -0.375 e. The first-order valence-corrected chi connectivity index (χ1v) is 6.94. The molecule has 0 saturated heterocycles. The summed E-state index contributed by atoms with van der Waals surface area (Å²) in [6.07, 6.45) is 0. The van der Waals surface area contributed by atoms with Crippen molar-refractivity contribution in [2.75, 3.05) is 5.32 Å². The third-order valence-electron chi connectivity index (χ3n) is 3.86. The van der Waals surface area contributed by atoms with Crippen molar-refractivity contribution >= 4 is 11.4 Å². The average molecular weight is 284 g/mol. The lowest BCUT2D eigenvalue weighted by atomic mass is 10.1. The molecule has 0 heterocycles. The van der Waals surface area contributed by atoms with E-state index in [1.54, 1.807) is 6.07 Å². The van der Waals surface area contributed by atoms with Crippen LogP contribution in [-0.4, -0.2) is 4.92 Å². The Bertz CT molecular complexity index is 693. The lowest BCUT2D eigenvalue weighted by molar-refractivity contribution is -0.384. The molecular weight excluding hydrogens is 264 g/mol. The van der Waals surface area contributed by atoms with Crippen LogP contribution in [0.3, 0.4) is 0 Å². The second-order valence-corrected chi connectivity index (χ2v) is 5.48. The molecule has 0 aliphatic carbocycles. The fourth-order valence-electron chi connectivity index (χ4n) is 2.20. The molecule has 0 aliphatic heterocycles. The molecule has 0 spiro atoms. The molecule has 0 saturated carbocycles. The Morgan fingerprint density at radius 3 is 2.19 bits per heavy atom. The van der Waals surface area contributed by atoms with Gasteiger partial charge in [0, 0.05) is 12.6 Å². The van der Waals surface area contributed by atoms with Gasteiger partial charge in [-0.3, -0.25) is 10.1 Å². The van der Waals surface area contributed by atoms with Gasteiger partial charge in [0.15, 0.2) is 0 Å². The topological polar surface area (TPSA) is 55.2 Å². The average Bonchev–Trinajstić information content (AvgIpc) is 2.43. The standard InChI is InChI=1S/C17H20N2O2/c1-11-5-6-15(7-12(11)2)10-18-16-8-13(3)14(4)9-17(16)19(20)21/h5-9,18H,10H2,1-4H3. The van der Waals surface area contributed by atoms with Crippen LogP contribution in [0.1, 0.15) is 27.8 Å². The van der Waals surface area contributed by atoms with Crippen LogP contribution in [0.4, 0.5) is 11.4 Å². The van der Waals surface area contributed by atoms with E-state index in [0.717, 1.165) is 16.7 Å². The highest BCUT2D eigenvalue weighted by atomic mass is 16.6. The van der Waals surface area contributed by atoms with Gasteiger partial charge in [-0.1, -0.05) is 18.2 Å². The van der Waals surface area contributed by atoms with E-state index in [1.807, 2.05) is 26.0 Å². The molecule has 4 nitrogen and oxygen atoms in total. The predicted octanol–water partition coefficient (Wildman–Crippen LogP) is 4.44. The summed E-state index contributed by atoms with van der Waals surface area (Å²) < 4.78 is 0. The Kier molecular flexibility index (Phi) is 4.26. The largest absolute Gasteiger partial charge is 0.375 e. The molecule has 2 aromatic carbocycles. The maximum atomic E-state index is 11.2.